The van der Waals surface area contributed by atoms with Crippen molar-refractivity contribution in [2.45, 2.75) is 24.3 Å². The summed E-state index contributed by atoms with van der Waals surface area (Å²) in [5.41, 5.74) is 1.78. The van der Waals surface area contributed by atoms with Gasteiger partial charge in [0.25, 0.3) is 5.91 Å². The molecular weight excluding hydrogens is 452 g/mol. The van der Waals surface area contributed by atoms with Crippen molar-refractivity contribution in [1.82, 2.24) is 4.90 Å². The van der Waals surface area contributed by atoms with Gasteiger partial charge in [0, 0.05) is 11.8 Å². The summed E-state index contributed by atoms with van der Waals surface area (Å²) in [5.74, 6) is 1.99. The minimum Gasteiger partial charge on any atom is -0.497 e. The van der Waals surface area contributed by atoms with E-state index in [1.807, 2.05) is 35.2 Å². The number of hydrogen-bond donors (Lipinski definition) is 0. The predicted molar refractivity (Wildman–Crippen MR) is 121 cm³/mol. The second kappa shape index (κ2) is 8.32. The van der Waals surface area contributed by atoms with Crippen LogP contribution in [0, 0.1) is 0 Å². The maximum atomic E-state index is 12.7. The van der Waals surface area contributed by atoms with E-state index < -0.39 is 9.84 Å². The van der Waals surface area contributed by atoms with Crippen LogP contribution in [0.25, 0.3) is 0 Å². The topological polar surface area (TPSA) is 94.5 Å². The van der Waals surface area contributed by atoms with Crippen molar-refractivity contribution in [1.29, 1.82) is 0 Å². The Morgan fingerprint density at radius 1 is 1.12 bits per heavy atom. The highest BCUT2D eigenvalue weighted by atomic mass is 32.2. The van der Waals surface area contributed by atoms with Gasteiger partial charge in [0.05, 0.1) is 31.1 Å². The van der Waals surface area contributed by atoms with Gasteiger partial charge >= 0.3 is 0 Å². The Balaban J connectivity index is 1.37. The Morgan fingerprint density at radius 2 is 1.88 bits per heavy atom. The number of nitrogens with zero attached hydrogens (tertiary/aromatic N) is 2. The van der Waals surface area contributed by atoms with Crippen LogP contribution in [-0.4, -0.2) is 61.1 Å². The molecule has 0 N–H and O–H groups in total. The maximum Gasteiger partial charge on any atom is 0.252 e. The SMILES string of the molecule is COc1ccc(CC(=O)N=C2SC3CS(=O)(=O)CC3N2Cc2ccc3c(c2)OCO3)cc1. The van der Waals surface area contributed by atoms with E-state index in [1.54, 1.807) is 19.2 Å². The first-order valence-corrected chi connectivity index (χ1v) is 12.9. The molecule has 0 radical (unpaired) electrons. The molecule has 2 aromatic carbocycles. The lowest BCUT2D eigenvalue weighted by Gasteiger charge is -2.24. The van der Waals surface area contributed by atoms with Crippen LogP contribution in [0.2, 0.25) is 0 Å². The molecule has 2 saturated heterocycles. The molecule has 0 bridgehead atoms. The predicted octanol–water partition coefficient (Wildman–Crippen LogP) is 2.26. The summed E-state index contributed by atoms with van der Waals surface area (Å²) in [6.45, 7) is 0.628. The van der Waals surface area contributed by atoms with Crippen LogP contribution in [0.5, 0.6) is 17.2 Å². The maximum absolute atomic E-state index is 12.7. The Kier molecular flexibility index (Phi) is 5.50. The number of methoxy groups -OCH3 is 1. The van der Waals surface area contributed by atoms with Crippen LogP contribution in [0.3, 0.4) is 0 Å². The average Bonchev–Trinajstić information content (AvgIpc) is 3.42. The van der Waals surface area contributed by atoms with Crippen LogP contribution in [0.15, 0.2) is 47.5 Å². The molecule has 2 unspecified atom stereocenters. The molecular formula is C22H22N2O6S2. The van der Waals surface area contributed by atoms with Gasteiger partial charge in [-0.25, -0.2) is 8.42 Å². The first kappa shape index (κ1) is 21.1. The number of ether oxygens (including phenoxy) is 3. The second-order valence-corrected chi connectivity index (χ2v) is 11.3. The zero-order valence-corrected chi connectivity index (χ0v) is 19.0. The zero-order valence-electron chi connectivity index (χ0n) is 17.4. The lowest BCUT2D eigenvalue weighted by atomic mass is 10.1. The van der Waals surface area contributed by atoms with Crippen molar-refractivity contribution < 1.29 is 27.4 Å². The van der Waals surface area contributed by atoms with Crippen LogP contribution in [0.4, 0.5) is 0 Å². The summed E-state index contributed by atoms with van der Waals surface area (Å²) in [5, 5.41) is 0.452. The van der Waals surface area contributed by atoms with Gasteiger partial charge in [-0.2, -0.15) is 4.99 Å². The summed E-state index contributed by atoms with van der Waals surface area (Å²) in [4.78, 5) is 19.0. The van der Waals surface area contributed by atoms with E-state index in [4.69, 9.17) is 14.2 Å². The van der Waals surface area contributed by atoms with E-state index in [0.717, 1.165) is 16.9 Å². The molecule has 0 aromatic heterocycles. The third-order valence-electron chi connectivity index (χ3n) is 5.70. The first-order chi connectivity index (χ1) is 15.4. The average molecular weight is 475 g/mol. The van der Waals surface area contributed by atoms with Gasteiger partial charge in [-0.05, 0) is 35.4 Å². The van der Waals surface area contributed by atoms with E-state index in [0.29, 0.717) is 23.2 Å². The number of amidine groups is 1. The van der Waals surface area contributed by atoms with E-state index >= 15 is 0 Å². The van der Waals surface area contributed by atoms with Crippen molar-refractivity contribution in [2.75, 3.05) is 25.4 Å². The number of sulfone groups is 1. The molecule has 8 nitrogen and oxygen atoms in total. The summed E-state index contributed by atoms with van der Waals surface area (Å²) < 4.78 is 40.4. The lowest BCUT2D eigenvalue weighted by molar-refractivity contribution is -0.117. The van der Waals surface area contributed by atoms with Crippen LogP contribution < -0.4 is 14.2 Å². The van der Waals surface area contributed by atoms with Crippen molar-refractivity contribution in [2.24, 2.45) is 4.99 Å². The number of rotatable bonds is 5. The Labute approximate surface area is 190 Å². The number of carbonyl (C=O) groups is 1. The lowest BCUT2D eigenvalue weighted by Crippen LogP contribution is -2.37. The molecule has 0 spiro atoms. The van der Waals surface area contributed by atoms with Gasteiger partial charge in [-0.15, -0.1) is 0 Å². The number of amides is 1. The fourth-order valence-corrected chi connectivity index (χ4v) is 8.09. The highest BCUT2D eigenvalue weighted by Crippen LogP contribution is 2.40. The van der Waals surface area contributed by atoms with Crippen molar-refractivity contribution in [3.05, 3.63) is 53.6 Å². The Morgan fingerprint density at radius 3 is 2.66 bits per heavy atom. The number of aliphatic imine (C=N–C) groups is 1. The largest absolute Gasteiger partial charge is 0.497 e. The normalized spacial score (nSPS) is 24.0. The Bertz CT molecular complexity index is 1180. The number of hydrogen-bond acceptors (Lipinski definition) is 7. The van der Waals surface area contributed by atoms with Crippen LogP contribution in [-0.2, 0) is 27.6 Å². The van der Waals surface area contributed by atoms with E-state index in [2.05, 4.69) is 4.99 Å². The summed E-state index contributed by atoms with van der Waals surface area (Å²) in [7, 11) is -1.51. The van der Waals surface area contributed by atoms with Gasteiger partial charge in [0.15, 0.2) is 26.5 Å². The second-order valence-electron chi connectivity index (χ2n) is 7.93. The molecule has 0 saturated carbocycles. The fraction of sp³-hybridized carbons (Fsp3) is 0.364. The van der Waals surface area contributed by atoms with Gasteiger partial charge in [-0.1, -0.05) is 30.0 Å². The van der Waals surface area contributed by atoms with E-state index in [9.17, 15) is 13.2 Å². The molecule has 3 heterocycles. The monoisotopic (exact) mass is 474 g/mol. The molecule has 2 aromatic rings. The molecule has 3 aliphatic heterocycles. The third kappa shape index (κ3) is 4.29. The highest BCUT2D eigenvalue weighted by molar-refractivity contribution is 8.15. The fourth-order valence-electron chi connectivity index (χ4n) is 4.12. The molecule has 5 rings (SSSR count). The zero-order chi connectivity index (χ0) is 22.3. The number of thioether (sulfide) groups is 1. The van der Waals surface area contributed by atoms with Crippen LogP contribution in [0.1, 0.15) is 11.1 Å². The molecule has 0 aliphatic carbocycles. The molecule has 2 fully saturated rings. The van der Waals surface area contributed by atoms with Gasteiger partial charge < -0.3 is 19.1 Å². The minimum absolute atomic E-state index is 0.0703. The first-order valence-electron chi connectivity index (χ1n) is 10.2. The van der Waals surface area contributed by atoms with Gasteiger partial charge in [0.2, 0.25) is 6.79 Å². The molecule has 2 atom stereocenters. The standard InChI is InChI=1S/C22H22N2O6S2/c1-28-16-5-2-14(3-6-16)9-21(25)23-22-24(17-11-32(26,27)12-20(17)31-22)10-15-4-7-18-19(8-15)30-13-29-18/h2-8,17,20H,9-13H2,1H3. The number of carbonyl (C=O) groups excluding carboxylic acids is 1. The minimum atomic E-state index is -3.11. The molecule has 10 heteroatoms. The molecule has 168 valence electrons. The summed E-state index contributed by atoms with van der Waals surface area (Å²) in [6.07, 6.45) is 0.166. The van der Waals surface area contributed by atoms with Crippen LogP contribution >= 0.6 is 11.8 Å². The van der Waals surface area contributed by atoms with Crippen molar-refractivity contribution in [3.63, 3.8) is 0 Å². The van der Waals surface area contributed by atoms with Crippen molar-refractivity contribution >= 4 is 32.7 Å². The third-order valence-corrected chi connectivity index (χ3v) is 8.95. The van der Waals surface area contributed by atoms with E-state index in [1.165, 1.54) is 11.8 Å². The highest BCUT2D eigenvalue weighted by Gasteiger charge is 2.48. The molecule has 3 aliphatic rings. The Hall–Kier alpha value is -2.72. The van der Waals surface area contributed by atoms with Gasteiger partial charge in [0.1, 0.15) is 5.75 Å². The summed E-state index contributed by atoms with van der Waals surface area (Å²) in [6, 6.07) is 12.7. The number of fused-ring (bicyclic) bond motifs is 2. The molecule has 1 amide bonds. The molecule has 32 heavy (non-hydrogen) atoms. The van der Waals surface area contributed by atoms with E-state index in [-0.39, 0.29) is 41.9 Å². The number of benzene rings is 2. The quantitative estimate of drug-likeness (QED) is 0.652. The van der Waals surface area contributed by atoms with Crippen molar-refractivity contribution in [3.8, 4) is 17.2 Å². The smallest absolute Gasteiger partial charge is 0.252 e. The summed E-state index contributed by atoms with van der Waals surface area (Å²) >= 11 is 1.38. The van der Waals surface area contributed by atoms with Gasteiger partial charge in [-0.3, -0.25) is 4.79 Å².